The van der Waals surface area contributed by atoms with Gasteiger partial charge < -0.3 is 10.6 Å². The minimum absolute atomic E-state index is 0.0305. The van der Waals surface area contributed by atoms with E-state index >= 15 is 0 Å². The number of hydrogen-bond donors (Lipinski definition) is 2. The molecular formula is C14H17BrN2O2. The van der Waals surface area contributed by atoms with Crippen LogP contribution in [0.1, 0.15) is 24.8 Å². The number of anilines is 1. The lowest BCUT2D eigenvalue weighted by molar-refractivity contribution is -0.121. The molecule has 1 aliphatic carbocycles. The minimum Gasteiger partial charge on any atom is -0.352 e. The summed E-state index contributed by atoms with van der Waals surface area (Å²) in [5.41, 5.74) is 1.83. The maximum Gasteiger partial charge on any atom is 0.227 e. The van der Waals surface area contributed by atoms with Gasteiger partial charge in [0, 0.05) is 29.9 Å². The van der Waals surface area contributed by atoms with Crippen LogP contribution in [0, 0.1) is 5.92 Å². The minimum atomic E-state index is 0.0305. The lowest BCUT2D eigenvalue weighted by atomic mass is 10.2. The van der Waals surface area contributed by atoms with E-state index in [-0.39, 0.29) is 17.7 Å². The van der Waals surface area contributed by atoms with Gasteiger partial charge >= 0.3 is 0 Å². The number of carbonyl (C=O) groups is 2. The van der Waals surface area contributed by atoms with E-state index in [0.717, 1.165) is 24.1 Å². The molecule has 5 heteroatoms. The second kappa shape index (κ2) is 6.70. The van der Waals surface area contributed by atoms with E-state index in [1.54, 1.807) is 0 Å². The Morgan fingerprint density at radius 1 is 1.21 bits per heavy atom. The van der Waals surface area contributed by atoms with Crippen LogP contribution >= 0.6 is 15.9 Å². The quantitative estimate of drug-likeness (QED) is 0.789. The molecule has 0 aromatic heterocycles. The fourth-order valence-electron chi connectivity index (χ4n) is 1.67. The monoisotopic (exact) mass is 324 g/mol. The first kappa shape index (κ1) is 14.1. The van der Waals surface area contributed by atoms with Gasteiger partial charge in [-0.15, -0.1) is 0 Å². The Labute approximate surface area is 121 Å². The topological polar surface area (TPSA) is 58.2 Å². The van der Waals surface area contributed by atoms with Crippen molar-refractivity contribution in [2.24, 2.45) is 5.92 Å². The summed E-state index contributed by atoms with van der Waals surface area (Å²) in [6.45, 7) is 0.517. The van der Waals surface area contributed by atoms with Gasteiger partial charge in [0.25, 0.3) is 0 Å². The van der Waals surface area contributed by atoms with Gasteiger partial charge in [0.2, 0.25) is 11.8 Å². The van der Waals surface area contributed by atoms with E-state index in [1.165, 1.54) is 0 Å². The molecule has 0 heterocycles. The van der Waals surface area contributed by atoms with Crippen molar-refractivity contribution >= 4 is 33.4 Å². The number of nitrogens with one attached hydrogen (secondary N) is 2. The molecule has 0 radical (unpaired) electrons. The Morgan fingerprint density at radius 2 is 1.89 bits per heavy atom. The van der Waals surface area contributed by atoms with Crippen molar-refractivity contribution in [1.82, 2.24) is 5.32 Å². The molecule has 1 aliphatic rings. The molecular weight excluding hydrogens is 308 g/mol. The summed E-state index contributed by atoms with van der Waals surface area (Å²) in [5.74, 6) is 0.351. The van der Waals surface area contributed by atoms with Crippen molar-refractivity contribution < 1.29 is 9.59 Å². The number of alkyl halides is 1. The van der Waals surface area contributed by atoms with E-state index in [2.05, 4.69) is 26.6 Å². The molecule has 4 nitrogen and oxygen atoms in total. The largest absolute Gasteiger partial charge is 0.352 e. The maximum atomic E-state index is 11.6. The van der Waals surface area contributed by atoms with Crippen LogP contribution in [0.15, 0.2) is 24.3 Å². The third-order valence-corrected chi connectivity index (χ3v) is 3.38. The predicted octanol–water partition coefficient (Wildman–Crippen LogP) is 2.44. The van der Waals surface area contributed by atoms with Crippen LogP contribution in [-0.2, 0) is 16.1 Å². The molecule has 0 atom stereocenters. The fraction of sp³-hybridized carbons (Fsp3) is 0.429. The molecule has 0 spiro atoms. The molecule has 0 unspecified atom stereocenters. The smallest absolute Gasteiger partial charge is 0.227 e. The summed E-state index contributed by atoms with van der Waals surface area (Å²) in [4.78, 5) is 22.9. The summed E-state index contributed by atoms with van der Waals surface area (Å²) < 4.78 is 0. The normalized spacial score (nSPS) is 13.9. The van der Waals surface area contributed by atoms with Crippen LogP contribution in [0.3, 0.4) is 0 Å². The molecule has 0 aliphatic heterocycles. The van der Waals surface area contributed by atoms with Gasteiger partial charge in [0.05, 0.1) is 0 Å². The lowest BCUT2D eigenvalue weighted by Gasteiger charge is -2.07. The first-order chi connectivity index (χ1) is 9.19. The van der Waals surface area contributed by atoms with E-state index in [9.17, 15) is 9.59 Å². The van der Waals surface area contributed by atoms with Crippen molar-refractivity contribution in [2.75, 3.05) is 10.6 Å². The van der Waals surface area contributed by atoms with Gasteiger partial charge in [-0.25, -0.2) is 0 Å². The highest BCUT2D eigenvalue weighted by molar-refractivity contribution is 9.09. The van der Waals surface area contributed by atoms with Crippen molar-refractivity contribution in [3.05, 3.63) is 29.8 Å². The number of rotatable bonds is 6. The van der Waals surface area contributed by atoms with Crippen LogP contribution in [0.5, 0.6) is 0 Å². The predicted molar refractivity (Wildman–Crippen MR) is 78.1 cm³/mol. The van der Waals surface area contributed by atoms with Crippen LogP contribution in [0.4, 0.5) is 5.69 Å². The highest BCUT2D eigenvalue weighted by Gasteiger charge is 2.29. The van der Waals surface area contributed by atoms with Crippen molar-refractivity contribution in [1.29, 1.82) is 0 Å². The first-order valence-electron chi connectivity index (χ1n) is 6.41. The average molecular weight is 325 g/mol. The fourth-order valence-corrected chi connectivity index (χ4v) is 2.03. The Balaban J connectivity index is 1.80. The highest BCUT2D eigenvalue weighted by atomic mass is 79.9. The van der Waals surface area contributed by atoms with Gasteiger partial charge in [-0.05, 0) is 30.5 Å². The number of amides is 2. The van der Waals surface area contributed by atoms with E-state index in [1.807, 2.05) is 24.3 Å². The molecule has 102 valence electrons. The SMILES string of the molecule is O=C(CCBr)NCc1ccc(NC(=O)C2CC2)cc1. The summed E-state index contributed by atoms with van der Waals surface area (Å²) in [6, 6.07) is 7.56. The van der Waals surface area contributed by atoms with Crippen LogP contribution in [0.2, 0.25) is 0 Å². The van der Waals surface area contributed by atoms with Crippen molar-refractivity contribution in [2.45, 2.75) is 25.8 Å². The van der Waals surface area contributed by atoms with E-state index in [0.29, 0.717) is 18.3 Å². The summed E-state index contributed by atoms with van der Waals surface area (Å²) in [6.07, 6.45) is 2.49. The molecule has 1 saturated carbocycles. The summed E-state index contributed by atoms with van der Waals surface area (Å²) in [5, 5.41) is 6.39. The van der Waals surface area contributed by atoms with Gasteiger partial charge in [-0.1, -0.05) is 28.1 Å². The number of benzene rings is 1. The zero-order chi connectivity index (χ0) is 13.7. The number of halogens is 1. The van der Waals surface area contributed by atoms with Gasteiger partial charge in [0.15, 0.2) is 0 Å². The van der Waals surface area contributed by atoms with Crippen LogP contribution < -0.4 is 10.6 Å². The zero-order valence-electron chi connectivity index (χ0n) is 10.6. The molecule has 1 fully saturated rings. The van der Waals surface area contributed by atoms with Crippen molar-refractivity contribution in [3.8, 4) is 0 Å². The van der Waals surface area contributed by atoms with Gasteiger partial charge in [-0.2, -0.15) is 0 Å². The molecule has 0 saturated heterocycles. The molecule has 2 N–H and O–H groups in total. The molecule has 0 bridgehead atoms. The van der Waals surface area contributed by atoms with E-state index < -0.39 is 0 Å². The van der Waals surface area contributed by atoms with Gasteiger partial charge in [0.1, 0.15) is 0 Å². The number of carbonyl (C=O) groups excluding carboxylic acids is 2. The van der Waals surface area contributed by atoms with E-state index in [4.69, 9.17) is 0 Å². The molecule has 2 rings (SSSR count). The lowest BCUT2D eigenvalue weighted by Crippen LogP contribution is -2.22. The Kier molecular flexibility index (Phi) is 4.96. The molecule has 1 aromatic rings. The summed E-state index contributed by atoms with van der Waals surface area (Å²) >= 11 is 3.22. The second-order valence-corrected chi connectivity index (χ2v) is 5.47. The van der Waals surface area contributed by atoms with Crippen molar-refractivity contribution in [3.63, 3.8) is 0 Å². The maximum absolute atomic E-state index is 11.6. The number of hydrogen-bond acceptors (Lipinski definition) is 2. The van der Waals surface area contributed by atoms with Crippen LogP contribution in [0.25, 0.3) is 0 Å². The third-order valence-electron chi connectivity index (χ3n) is 2.98. The Hall–Kier alpha value is -1.36. The average Bonchev–Trinajstić information content (AvgIpc) is 3.22. The van der Waals surface area contributed by atoms with Crippen LogP contribution in [-0.4, -0.2) is 17.1 Å². The van der Waals surface area contributed by atoms with Gasteiger partial charge in [-0.3, -0.25) is 9.59 Å². The zero-order valence-corrected chi connectivity index (χ0v) is 12.2. The second-order valence-electron chi connectivity index (χ2n) is 4.68. The third kappa shape index (κ3) is 4.67. The Morgan fingerprint density at radius 3 is 2.47 bits per heavy atom. The molecule has 2 amide bonds. The molecule has 19 heavy (non-hydrogen) atoms. The first-order valence-corrected chi connectivity index (χ1v) is 7.53. The summed E-state index contributed by atoms with van der Waals surface area (Å²) in [7, 11) is 0. The molecule has 1 aromatic carbocycles. The standard InChI is InChI=1S/C14H17BrN2O2/c15-8-7-13(18)16-9-10-1-5-12(6-2-10)17-14(19)11-3-4-11/h1-2,5-6,11H,3-4,7-9H2,(H,16,18)(H,17,19). The highest BCUT2D eigenvalue weighted by Crippen LogP contribution is 2.30. The Bertz CT molecular complexity index is 455.